The molecule has 1 heterocycles. The van der Waals surface area contributed by atoms with Gasteiger partial charge in [0.2, 0.25) is 0 Å². The Morgan fingerprint density at radius 3 is 2.76 bits per heavy atom. The second-order valence-electron chi connectivity index (χ2n) is 3.64. The number of amides is 1. The van der Waals surface area contributed by atoms with E-state index in [2.05, 4.69) is 11.9 Å². The van der Waals surface area contributed by atoms with Gasteiger partial charge >= 0.3 is 0 Å². The van der Waals surface area contributed by atoms with Crippen molar-refractivity contribution in [3.05, 3.63) is 67.0 Å². The van der Waals surface area contributed by atoms with Crippen molar-refractivity contribution in [3.63, 3.8) is 0 Å². The SMILES string of the molecule is C=CCNC(=O)c1cccc(-n2cccc2)c1. The van der Waals surface area contributed by atoms with Crippen LogP contribution in [0.4, 0.5) is 0 Å². The van der Waals surface area contributed by atoms with Crippen LogP contribution in [0.3, 0.4) is 0 Å². The first-order valence-electron chi connectivity index (χ1n) is 5.44. The van der Waals surface area contributed by atoms with Crippen molar-refractivity contribution in [1.29, 1.82) is 0 Å². The average Bonchev–Trinajstić information content (AvgIpc) is 2.90. The van der Waals surface area contributed by atoms with Gasteiger partial charge in [0, 0.05) is 30.2 Å². The van der Waals surface area contributed by atoms with Gasteiger partial charge in [-0.2, -0.15) is 0 Å². The molecule has 2 aromatic rings. The molecule has 1 aromatic heterocycles. The molecule has 3 heteroatoms. The number of carbonyl (C=O) groups is 1. The minimum absolute atomic E-state index is 0.0843. The van der Waals surface area contributed by atoms with Gasteiger partial charge in [0.1, 0.15) is 0 Å². The third-order valence-electron chi connectivity index (χ3n) is 2.42. The Morgan fingerprint density at radius 1 is 1.29 bits per heavy atom. The predicted molar refractivity (Wildman–Crippen MR) is 68.3 cm³/mol. The van der Waals surface area contributed by atoms with Crippen molar-refractivity contribution in [2.24, 2.45) is 0 Å². The number of benzene rings is 1. The van der Waals surface area contributed by atoms with Crippen LogP contribution in [0.5, 0.6) is 0 Å². The summed E-state index contributed by atoms with van der Waals surface area (Å²) in [5, 5.41) is 2.75. The molecule has 1 N–H and O–H groups in total. The molecular formula is C14H14N2O. The van der Waals surface area contributed by atoms with Gasteiger partial charge in [-0.25, -0.2) is 0 Å². The van der Waals surface area contributed by atoms with E-state index in [1.165, 1.54) is 0 Å². The molecule has 3 nitrogen and oxygen atoms in total. The molecule has 0 bridgehead atoms. The maximum absolute atomic E-state index is 11.8. The van der Waals surface area contributed by atoms with Crippen LogP contribution in [-0.4, -0.2) is 17.0 Å². The van der Waals surface area contributed by atoms with Crippen LogP contribution in [0.25, 0.3) is 5.69 Å². The number of hydrogen-bond donors (Lipinski definition) is 1. The summed E-state index contributed by atoms with van der Waals surface area (Å²) in [5.74, 6) is -0.0843. The van der Waals surface area contributed by atoms with Crippen LogP contribution < -0.4 is 5.32 Å². The fourth-order valence-corrected chi connectivity index (χ4v) is 1.58. The molecule has 0 saturated heterocycles. The number of aromatic nitrogens is 1. The number of carbonyl (C=O) groups excluding carboxylic acids is 1. The minimum atomic E-state index is -0.0843. The Morgan fingerprint density at radius 2 is 2.06 bits per heavy atom. The monoisotopic (exact) mass is 226 g/mol. The van der Waals surface area contributed by atoms with Gasteiger partial charge in [-0.05, 0) is 30.3 Å². The van der Waals surface area contributed by atoms with Crippen molar-refractivity contribution < 1.29 is 4.79 Å². The van der Waals surface area contributed by atoms with Crippen LogP contribution in [0.2, 0.25) is 0 Å². The molecular weight excluding hydrogens is 212 g/mol. The van der Waals surface area contributed by atoms with Crippen LogP contribution >= 0.6 is 0 Å². The lowest BCUT2D eigenvalue weighted by atomic mass is 10.2. The maximum Gasteiger partial charge on any atom is 0.251 e. The molecule has 0 unspecified atom stereocenters. The number of hydrogen-bond acceptors (Lipinski definition) is 1. The lowest BCUT2D eigenvalue weighted by Gasteiger charge is -2.06. The predicted octanol–water partition coefficient (Wildman–Crippen LogP) is 2.39. The second-order valence-corrected chi connectivity index (χ2v) is 3.64. The summed E-state index contributed by atoms with van der Waals surface area (Å²) >= 11 is 0. The summed E-state index contributed by atoms with van der Waals surface area (Å²) < 4.78 is 1.96. The first-order chi connectivity index (χ1) is 8.31. The maximum atomic E-state index is 11.8. The highest BCUT2D eigenvalue weighted by molar-refractivity contribution is 5.94. The van der Waals surface area contributed by atoms with Crippen LogP contribution in [-0.2, 0) is 0 Å². The van der Waals surface area contributed by atoms with Crippen molar-refractivity contribution in [2.45, 2.75) is 0 Å². The zero-order valence-electron chi connectivity index (χ0n) is 9.47. The highest BCUT2D eigenvalue weighted by atomic mass is 16.1. The number of nitrogens with one attached hydrogen (secondary N) is 1. The zero-order chi connectivity index (χ0) is 12.1. The van der Waals surface area contributed by atoms with Gasteiger partial charge in [-0.15, -0.1) is 6.58 Å². The third-order valence-corrected chi connectivity index (χ3v) is 2.42. The van der Waals surface area contributed by atoms with Crippen molar-refractivity contribution >= 4 is 5.91 Å². The molecule has 0 aliphatic heterocycles. The molecule has 0 atom stereocenters. The van der Waals surface area contributed by atoms with Crippen molar-refractivity contribution in [2.75, 3.05) is 6.54 Å². The number of rotatable bonds is 4. The van der Waals surface area contributed by atoms with E-state index in [0.717, 1.165) is 5.69 Å². The Labute approximate surface area is 100 Å². The average molecular weight is 226 g/mol. The molecule has 0 aliphatic carbocycles. The van der Waals surface area contributed by atoms with E-state index in [9.17, 15) is 4.79 Å². The van der Waals surface area contributed by atoms with E-state index in [4.69, 9.17) is 0 Å². The van der Waals surface area contributed by atoms with E-state index in [1.54, 1.807) is 12.1 Å². The summed E-state index contributed by atoms with van der Waals surface area (Å²) in [4.78, 5) is 11.8. The van der Waals surface area contributed by atoms with Crippen LogP contribution in [0.15, 0.2) is 61.4 Å². The quantitative estimate of drug-likeness (QED) is 0.798. The lowest BCUT2D eigenvalue weighted by molar-refractivity contribution is 0.0958. The summed E-state index contributed by atoms with van der Waals surface area (Å²) in [7, 11) is 0. The Balaban J connectivity index is 2.22. The van der Waals surface area contributed by atoms with E-state index in [1.807, 2.05) is 47.3 Å². The van der Waals surface area contributed by atoms with Crippen molar-refractivity contribution in [1.82, 2.24) is 9.88 Å². The first-order valence-corrected chi connectivity index (χ1v) is 5.44. The summed E-state index contributed by atoms with van der Waals surface area (Å²) in [5.41, 5.74) is 1.62. The molecule has 2 rings (SSSR count). The standard InChI is InChI=1S/C14H14N2O/c1-2-8-15-14(17)12-6-5-7-13(11-12)16-9-3-4-10-16/h2-7,9-11H,1,8H2,(H,15,17). The highest BCUT2D eigenvalue weighted by Crippen LogP contribution is 2.10. The third kappa shape index (κ3) is 2.64. The fraction of sp³-hybridized carbons (Fsp3) is 0.0714. The zero-order valence-corrected chi connectivity index (χ0v) is 9.47. The molecule has 1 amide bonds. The Hall–Kier alpha value is -2.29. The van der Waals surface area contributed by atoms with Crippen molar-refractivity contribution in [3.8, 4) is 5.69 Å². The van der Waals surface area contributed by atoms with Crippen LogP contribution in [0, 0.1) is 0 Å². The molecule has 0 spiro atoms. The summed E-state index contributed by atoms with van der Waals surface area (Å²) in [6.07, 6.45) is 5.55. The first kappa shape index (κ1) is 11.2. The Kier molecular flexibility index (Phi) is 3.40. The normalized spacial score (nSPS) is 9.88. The van der Waals surface area contributed by atoms with Crippen LogP contribution in [0.1, 0.15) is 10.4 Å². The minimum Gasteiger partial charge on any atom is -0.349 e. The van der Waals surface area contributed by atoms with Gasteiger partial charge in [0.25, 0.3) is 5.91 Å². The number of nitrogens with zero attached hydrogens (tertiary/aromatic N) is 1. The van der Waals surface area contributed by atoms with E-state index in [-0.39, 0.29) is 5.91 Å². The molecule has 0 radical (unpaired) electrons. The van der Waals surface area contributed by atoms with Gasteiger partial charge < -0.3 is 9.88 Å². The van der Waals surface area contributed by atoms with Gasteiger partial charge in [-0.1, -0.05) is 12.1 Å². The Bertz CT molecular complexity index is 515. The summed E-state index contributed by atoms with van der Waals surface area (Å²) in [6, 6.07) is 11.4. The molecule has 86 valence electrons. The highest BCUT2D eigenvalue weighted by Gasteiger charge is 2.05. The fourth-order valence-electron chi connectivity index (χ4n) is 1.58. The molecule has 1 aromatic carbocycles. The van der Waals surface area contributed by atoms with E-state index < -0.39 is 0 Å². The molecule has 17 heavy (non-hydrogen) atoms. The second kappa shape index (κ2) is 5.16. The van der Waals surface area contributed by atoms with Gasteiger partial charge in [-0.3, -0.25) is 4.79 Å². The largest absolute Gasteiger partial charge is 0.349 e. The van der Waals surface area contributed by atoms with E-state index in [0.29, 0.717) is 12.1 Å². The smallest absolute Gasteiger partial charge is 0.251 e. The molecule has 0 fully saturated rings. The van der Waals surface area contributed by atoms with E-state index >= 15 is 0 Å². The lowest BCUT2D eigenvalue weighted by Crippen LogP contribution is -2.23. The van der Waals surface area contributed by atoms with Gasteiger partial charge in [0.15, 0.2) is 0 Å². The summed E-state index contributed by atoms with van der Waals surface area (Å²) in [6.45, 7) is 4.04. The van der Waals surface area contributed by atoms with Gasteiger partial charge in [0.05, 0.1) is 0 Å². The molecule has 0 aliphatic rings. The topological polar surface area (TPSA) is 34.0 Å². The molecule has 0 saturated carbocycles.